The highest BCUT2D eigenvalue weighted by atomic mass is 35.5. The summed E-state index contributed by atoms with van der Waals surface area (Å²) < 4.78 is 11.1. The van der Waals surface area contributed by atoms with Crippen molar-refractivity contribution >= 4 is 30.7 Å². The molecule has 0 saturated carbocycles. The van der Waals surface area contributed by atoms with Gasteiger partial charge in [0.25, 0.3) is 0 Å². The van der Waals surface area contributed by atoms with Gasteiger partial charge in [-0.05, 0) is 45.1 Å². The average molecular weight is 410 g/mol. The molecule has 0 heterocycles. The second-order valence-electron chi connectivity index (χ2n) is 6.49. The average Bonchev–Trinajstić information content (AvgIpc) is 2.52. The second kappa shape index (κ2) is 13.0. The number of amides is 1. The number of rotatable bonds is 10. The minimum atomic E-state index is -0.839. The summed E-state index contributed by atoms with van der Waals surface area (Å²) in [5.74, 6) is 1.21. The number of nitrogens with zero attached hydrogens (tertiary/aromatic N) is 1. The lowest BCUT2D eigenvalue weighted by atomic mass is 9.96. The van der Waals surface area contributed by atoms with E-state index in [1.807, 2.05) is 39.2 Å². The maximum atomic E-state index is 12.2. The van der Waals surface area contributed by atoms with Gasteiger partial charge in [-0.1, -0.05) is 19.4 Å². The molecule has 0 aliphatic carbocycles. The van der Waals surface area contributed by atoms with Crippen molar-refractivity contribution in [1.29, 1.82) is 0 Å². The number of halogens is 2. The van der Waals surface area contributed by atoms with Gasteiger partial charge in [0.2, 0.25) is 5.91 Å². The Labute approximate surface area is 169 Å². The molecule has 152 valence electrons. The van der Waals surface area contributed by atoms with E-state index in [9.17, 15) is 4.79 Å². The standard InChI is InChI=1S/C18H31N3O3.2ClH/c1-6-9-18(2,19)17(22)20-13-14-7-8-15(16(12-14)23-5)24-11-10-21(3)4;;/h7-8,12H,6,9-11,13,19H2,1-5H3,(H,20,22);2*1H. The molecule has 0 aromatic heterocycles. The molecule has 6 nitrogen and oxygen atoms in total. The number of carbonyl (C=O) groups is 1. The second-order valence-corrected chi connectivity index (χ2v) is 6.49. The van der Waals surface area contributed by atoms with E-state index in [2.05, 4.69) is 10.2 Å². The van der Waals surface area contributed by atoms with Crippen molar-refractivity contribution in [1.82, 2.24) is 10.2 Å². The highest BCUT2D eigenvalue weighted by Gasteiger charge is 2.26. The molecule has 3 N–H and O–H groups in total. The molecule has 0 radical (unpaired) electrons. The molecule has 0 aliphatic rings. The first kappa shape index (κ1) is 27.0. The van der Waals surface area contributed by atoms with Crippen LogP contribution in [0.15, 0.2) is 18.2 Å². The van der Waals surface area contributed by atoms with E-state index in [1.165, 1.54) is 0 Å². The lowest BCUT2D eigenvalue weighted by molar-refractivity contribution is -0.126. The third-order valence-electron chi connectivity index (χ3n) is 3.77. The zero-order valence-corrected chi connectivity index (χ0v) is 18.0. The minimum Gasteiger partial charge on any atom is -0.493 e. The fraction of sp³-hybridized carbons (Fsp3) is 0.611. The van der Waals surface area contributed by atoms with Crippen molar-refractivity contribution in [3.8, 4) is 11.5 Å². The molecule has 26 heavy (non-hydrogen) atoms. The fourth-order valence-corrected chi connectivity index (χ4v) is 2.30. The monoisotopic (exact) mass is 409 g/mol. The number of hydrogen-bond acceptors (Lipinski definition) is 5. The molecule has 0 bridgehead atoms. The molecule has 0 fully saturated rings. The number of nitrogens with one attached hydrogen (secondary N) is 1. The largest absolute Gasteiger partial charge is 0.493 e. The molecule has 1 unspecified atom stereocenters. The molecule has 0 spiro atoms. The smallest absolute Gasteiger partial charge is 0.240 e. The van der Waals surface area contributed by atoms with Gasteiger partial charge in [0, 0.05) is 13.1 Å². The molecule has 1 amide bonds. The quantitative estimate of drug-likeness (QED) is 0.620. The summed E-state index contributed by atoms with van der Waals surface area (Å²) in [7, 11) is 5.60. The maximum Gasteiger partial charge on any atom is 0.240 e. The summed E-state index contributed by atoms with van der Waals surface area (Å²) in [5.41, 5.74) is 6.13. The van der Waals surface area contributed by atoms with Crippen LogP contribution in [0.3, 0.4) is 0 Å². The number of carbonyl (C=O) groups excluding carboxylic acids is 1. The predicted octanol–water partition coefficient (Wildman–Crippen LogP) is 2.61. The van der Waals surface area contributed by atoms with Gasteiger partial charge in [0.05, 0.1) is 12.6 Å². The first-order valence-corrected chi connectivity index (χ1v) is 8.31. The zero-order valence-electron chi connectivity index (χ0n) is 16.3. The van der Waals surface area contributed by atoms with Crippen molar-refractivity contribution in [2.45, 2.75) is 38.8 Å². The number of ether oxygens (including phenoxy) is 2. The molecule has 8 heteroatoms. The normalized spacial score (nSPS) is 12.4. The molecule has 0 aliphatic heterocycles. The summed E-state index contributed by atoms with van der Waals surface area (Å²) in [4.78, 5) is 14.2. The van der Waals surface area contributed by atoms with Gasteiger partial charge in [-0.15, -0.1) is 24.8 Å². The van der Waals surface area contributed by atoms with Crippen LogP contribution in [0.2, 0.25) is 0 Å². The third kappa shape index (κ3) is 8.94. The van der Waals surface area contributed by atoms with E-state index < -0.39 is 5.54 Å². The first-order valence-electron chi connectivity index (χ1n) is 8.31. The van der Waals surface area contributed by atoms with Crippen LogP contribution in [0.4, 0.5) is 0 Å². The van der Waals surface area contributed by atoms with E-state index in [-0.39, 0.29) is 30.7 Å². The van der Waals surface area contributed by atoms with Gasteiger partial charge in [-0.3, -0.25) is 4.79 Å². The third-order valence-corrected chi connectivity index (χ3v) is 3.77. The summed E-state index contributed by atoms with van der Waals surface area (Å²) in [6.45, 7) is 5.59. The van der Waals surface area contributed by atoms with Crippen LogP contribution in [0.1, 0.15) is 32.3 Å². The van der Waals surface area contributed by atoms with Gasteiger partial charge < -0.3 is 25.4 Å². The number of hydrogen-bond donors (Lipinski definition) is 2. The Bertz CT molecular complexity index is 540. The van der Waals surface area contributed by atoms with Crippen LogP contribution in [-0.2, 0) is 11.3 Å². The number of benzene rings is 1. The summed E-state index contributed by atoms with van der Waals surface area (Å²) in [5, 5.41) is 2.89. The Hall–Kier alpha value is -1.21. The van der Waals surface area contributed by atoms with Crippen LogP contribution in [0.5, 0.6) is 11.5 Å². The zero-order chi connectivity index (χ0) is 18.2. The molecule has 1 aromatic carbocycles. The van der Waals surface area contributed by atoms with E-state index in [0.717, 1.165) is 18.5 Å². The van der Waals surface area contributed by atoms with Crippen molar-refractivity contribution in [2.24, 2.45) is 5.73 Å². The predicted molar refractivity (Wildman–Crippen MR) is 111 cm³/mol. The highest BCUT2D eigenvalue weighted by Crippen LogP contribution is 2.28. The van der Waals surface area contributed by atoms with Crippen molar-refractivity contribution in [3.63, 3.8) is 0 Å². The molecular weight excluding hydrogens is 377 g/mol. The van der Waals surface area contributed by atoms with E-state index in [4.69, 9.17) is 15.2 Å². The van der Waals surface area contributed by atoms with Gasteiger partial charge in [0.15, 0.2) is 11.5 Å². The van der Waals surface area contributed by atoms with Gasteiger partial charge in [-0.2, -0.15) is 0 Å². The Morgan fingerprint density at radius 2 is 1.92 bits per heavy atom. The summed E-state index contributed by atoms with van der Waals surface area (Å²) >= 11 is 0. The first-order chi connectivity index (χ1) is 11.3. The van der Waals surface area contributed by atoms with Crippen molar-refractivity contribution in [2.75, 3.05) is 34.4 Å². The highest BCUT2D eigenvalue weighted by molar-refractivity contribution is 5.86. The number of methoxy groups -OCH3 is 1. The Morgan fingerprint density at radius 3 is 2.46 bits per heavy atom. The Kier molecular flexibility index (Phi) is 13.5. The van der Waals surface area contributed by atoms with Gasteiger partial charge in [0.1, 0.15) is 6.61 Å². The lowest BCUT2D eigenvalue weighted by Crippen LogP contribution is -2.51. The fourth-order valence-electron chi connectivity index (χ4n) is 2.30. The molecular formula is C18H33Cl2N3O3. The van der Waals surface area contributed by atoms with Crippen molar-refractivity contribution < 1.29 is 14.3 Å². The molecule has 1 rings (SSSR count). The van der Waals surface area contributed by atoms with E-state index in [0.29, 0.717) is 31.1 Å². The summed E-state index contributed by atoms with van der Waals surface area (Å²) in [6.07, 6.45) is 1.52. The Balaban J connectivity index is 0. The Morgan fingerprint density at radius 1 is 1.27 bits per heavy atom. The van der Waals surface area contributed by atoms with E-state index in [1.54, 1.807) is 14.0 Å². The number of nitrogens with two attached hydrogens (primary N) is 1. The minimum absolute atomic E-state index is 0. The van der Waals surface area contributed by atoms with Crippen LogP contribution in [-0.4, -0.2) is 50.7 Å². The lowest BCUT2D eigenvalue weighted by Gasteiger charge is -2.23. The number of likely N-dealkylation sites (N-methyl/N-ethyl adjacent to an activating group) is 1. The van der Waals surface area contributed by atoms with Crippen LogP contribution < -0.4 is 20.5 Å². The SMILES string of the molecule is CCCC(C)(N)C(=O)NCc1ccc(OCCN(C)C)c(OC)c1.Cl.Cl. The molecule has 0 saturated heterocycles. The van der Waals surface area contributed by atoms with Gasteiger partial charge >= 0.3 is 0 Å². The van der Waals surface area contributed by atoms with E-state index >= 15 is 0 Å². The van der Waals surface area contributed by atoms with Crippen molar-refractivity contribution in [3.05, 3.63) is 23.8 Å². The summed E-state index contributed by atoms with van der Waals surface area (Å²) in [6, 6.07) is 5.66. The van der Waals surface area contributed by atoms with Crippen LogP contribution >= 0.6 is 24.8 Å². The maximum absolute atomic E-state index is 12.2. The van der Waals surface area contributed by atoms with Crippen LogP contribution in [0.25, 0.3) is 0 Å². The molecule has 1 aromatic rings. The molecule has 1 atom stereocenters. The van der Waals surface area contributed by atoms with Gasteiger partial charge in [-0.25, -0.2) is 0 Å². The van der Waals surface area contributed by atoms with Crippen LogP contribution in [0, 0.1) is 0 Å². The topological polar surface area (TPSA) is 76.8 Å².